The third-order valence-corrected chi connectivity index (χ3v) is 2.46. The lowest BCUT2D eigenvalue weighted by molar-refractivity contribution is 1.04. The van der Waals surface area contributed by atoms with Crippen LogP contribution in [0, 0.1) is 13.8 Å². The van der Waals surface area contributed by atoms with Gasteiger partial charge in [0, 0.05) is 11.6 Å². The lowest BCUT2D eigenvalue weighted by Gasteiger charge is -2.07. The zero-order chi connectivity index (χ0) is 8.43. The SMILES string of the molecule is Cc1c(Cl)ccc(CN)c1C. The largest absolute Gasteiger partial charge is 0.326 e. The summed E-state index contributed by atoms with van der Waals surface area (Å²) in [6, 6.07) is 3.87. The monoisotopic (exact) mass is 169 g/mol. The molecule has 0 atom stereocenters. The van der Waals surface area contributed by atoms with Gasteiger partial charge in [-0.1, -0.05) is 17.7 Å². The Morgan fingerprint density at radius 1 is 1.27 bits per heavy atom. The Labute approximate surface area is 72.2 Å². The van der Waals surface area contributed by atoms with E-state index in [0.29, 0.717) is 6.54 Å². The highest BCUT2D eigenvalue weighted by Crippen LogP contribution is 2.21. The smallest absolute Gasteiger partial charge is 0.0438 e. The molecule has 0 saturated carbocycles. The minimum Gasteiger partial charge on any atom is -0.326 e. The Bertz CT molecular complexity index is 269. The van der Waals surface area contributed by atoms with Crippen LogP contribution < -0.4 is 5.73 Å². The second kappa shape index (κ2) is 3.24. The highest BCUT2D eigenvalue weighted by molar-refractivity contribution is 6.31. The number of rotatable bonds is 1. The molecule has 2 N–H and O–H groups in total. The maximum absolute atomic E-state index is 5.90. The maximum atomic E-state index is 5.90. The van der Waals surface area contributed by atoms with Crippen LogP contribution in [0.25, 0.3) is 0 Å². The van der Waals surface area contributed by atoms with Crippen molar-refractivity contribution in [3.8, 4) is 0 Å². The van der Waals surface area contributed by atoms with Crippen molar-refractivity contribution in [3.63, 3.8) is 0 Å². The molecule has 0 aliphatic rings. The molecule has 1 rings (SSSR count). The van der Waals surface area contributed by atoms with Crippen LogP contribution >= 0.6 is 11.6 Å². The first-order valence-corrected chi connectivity index (χ1v) is 3.99. The van der Waals surface area contributed by atoms with E-state index in [1.165, 1.54) is 11.1 Å². The highest BCUT2D eigenvalue weighted by atomic mass is 35.5. The average molecular weight is 170 g/mol. The van der Waals surface area contributed by atoms with Gasteiger partial charge in [0.1, 0.15) is 0 Å². The lowest BCUT2D eigenvalue weighted by Crippen LogP contribution is -2.00. The number of hydrogen-bond donors (Lipinski definition) is 1. The summed E-state index contributed by atoms with van der Waals surface area (Å²) in [5.41, 5.74) is 9.04. The molecule has 1 aromatic carbocycles. The Kier molecular flexibility index (Phi) is 2.53. The van der Waals surface area contributed by atoms with E-state index in [-0.39, 0.29) is 0 Å². The van der Waals surface area contributed by atoms with Gasteiger partial charge in [-0.25, -0.2) is 0 Å². The molecule has 0 radical (unpaired) electrons. The Morgan fingerprint density at radius 3 is 2.45 bits per heavy atom. The van der Waals surface area contributed by atoms with Crippen molar-refractivity contribution in [2.75, 3.05) is 0 Å². The molecule has 0 bridgehead atoms. The normalized spacial score (nSPS) is 10.2. The summed E-state index contributed by atoms with van der Waals surface area (Å²) < 4.78 is 0. The third kappa shape index (κ3) is 1.55. The Balaban J connectivity index is 3.25. The van der Waals surface area contributed by atoms with Crippen LogP contribution in [-0.4, -0.2) is 0 Å². The predicted molar refractivity (Wildman–Crippen MR) is 48.8 cm³/mol. The number of hydrogen-bond acceptors (Lipinski definition) is 1. The zero-order valence-corrected chi connectivity index (χ0v) is 7.57. The molecule has 0 fully saturated rings. The van der Waals surface area contributed by atoms with Crippen LogP contribution in [0.4, 0.5) is 0 Å². The number of nitrogens with two attached hydrogens (primary N) is 1. The molecule has 2 heteroatoms. The highest BCUT2D eigenvalue weighted by Gasteiger charge is 2.01. The molecule has 1 aromatic rings. The summed E-state index contributed by atoms with van der Waals surface area (Å²) in [5, 5.41) is 0.819. The molecule has 0 aliphatic carbocycles. The fourth-order valence-electron chi connectivity index (χ4n) is 1.06. The molecule has 0 unspecified atom stereocenters. The summed E-state index contributed by atoms with van der Waals surface area (Å²) in [7, 11) is 0. The van der Waals surface area contributed by atoms with E-state index in [1.807, 2.05) is 26.0 Å². The van der Waals surface area contributed by atoms with Crippen molar-refractivity contribution < 1.29 is 0 Å². The first-order valence-electron chi connectivity index (χ1n) is 3.61. The molecule has 0 saturated heterocycles. The first kappa shape index (κ1) is 8.57. The number of benzene rings is 1. The van der Waals surface area contributed by atoms with Crippen molar-refractivity contribution in [3.05, 3.63) is 33.8 Å². The van der Waals surface area contributed by atoms with Gasteiger partial charge in [0.05, 0.1) is 0 Å². The lowest BCUT2D eigenvalue weighted by atomic mass is 10.0. The zero-order valence-electron chi connectivity index (χ0n) is 6.82. The second-order valence-corrected chi connectivity index (χ2v) is 3.07. The number of halogens is 1. The van der Waals surface area contributed by atoms with Gasteiger partial charge in [-0.2, -0.15) is 0 Å². The molecular formula is C9H12ClN. The summed E-state index contributed by atoms with van der Waals surface area (Å²) in [6.45, 7) is 4.64. The second-order valence-electron chi connectivity index (χ2n) is 2.66. The van der Waals surface area contributed by atoms with Crippen molar-refractivity contribution in [2.24, 2.45) is 5.73 Å². The van der Waals surface area contributed by atoms with Gasteiger partial charge in [-0.15, -0.1) is 0 Å². The van der Waals surface area contributed by atoms with Crippen molar-refractivity contribution in [1.82, 2.24) is 0 Å². The van der Waals surface area contributed by atoms with Crippen LogP contribution in [0.5, 0.6) is 0 Å². The molecule has 0 aliphatic heterocycles. The van der Waals surface area contributed by atoms with Crippen LogP contribution in [0.2, 0.25) is 5.02 Å². The van der Waals surface area contributed by atoms with Crippen molar-refractivity contribution >= 4 is 11.6 Å². The summed E-state index contributed by atoms with van der Waals surface area (Å²) >= 11 is 5.90. The first-order chi connectivity index (χ1) is 5.16. The average Bonchev–Trinajstić information content (AvgIpc) is 2.01. The van der Waals surface area contributed by atoms with E-state index in [4.69, 9.17) is 17.3 Å². The Hall–Kier alpha value is -0.530. The van der Waals surface area contributed by atoms with Gasteiger partial charge in [0.15, 0.2) is 0 Å². The summed E-state index contributed by atoms with van der Waals surface area (Å²) in [6.07, 6.45) is 0. The van der Waals surface area contributed by atoms with E-state index >= 15 is 0 Å². The molecule has 11 heavy (non-hydrogen) atoms. The minimum atomic E-state index is 0.587. The van der Waals surface area contributed by atoms with Gasteiger partial charge < -0.3 is 5.73 Å². The van der Waals surface area contributed by atoms with Crippen LogP contribution in [0.15, 0.2) is 12.1 Å². The third-order valence-electron chi connectivity index (χ3n) is 2.05. The van der Waals surface area contributed by atoms with Crippen LogP contribution in [-0.2, 0) is 6.54 Å². The van der Waals surface area contributed by atoms with Gasteiger partial charge in [0.2, 0.25) is 0 Å². The molecule has 1 nitrogen and oxygen atoms in total. The predicted octanol–water partition coefficient (Wildman–Crippen LogP) is 2.42. The Morgan fingerprint density at radius 2 is 1.91 bits per heavy atom. The van der Waals surface area contributed by atoms with Crippen LogP contribution in [0.1, 0.15) is 16.7 Å². The molecule has 0 amide bonds. The maximum Gasteiger partial charge on any atom is 0.0438 e. The quantitative estimate of drug-likeness (QED) is 0.687. The topological polar surface area (TPSA) is 26.0 Å². The van der Waals surface area contributed by atoms with E-state index in [1.54, 1.807) is 0 Å². The molecule has 0 spiro atoms. The summed E-state index contributed by atoms with van der Waals surface area (Å²) in [4.78, 5) is 0. The van der Waals surface area contributed by atoms with Crippen molar-refractivity contribution in [2.45, 2.75) is 20.4 Å². The van der Waals surface area contributed by atoms with E-state index in [2.05, 4.69) is 0 Å². The van der Waals surface area contributed by atoms with Gasteiger partial charge in [-0.3, -0.25) is 0 Å². The van der Waals surface area contributed by atoms with E-state index < -0.39 is 0 Å². The van der Waals surface area contributed by atoms with Gasteiger partial charge in [0.25, 0.3) is 0 Å². The van der Waals surface area contributed by atoms with Crippen LogP contribution in [0.3, 0.4) is 0 Å². The van der Waals surface area contributed by atoms with Gasteiger partial charge >= 0.3 is 0 Å². The van der Waals surface area contributed by atoms with Gasteiger partial charge in [-0.05, 0) is 36.6 Å². The minimum absolute atomic E-state index is 0.587. The molecule has 0 aromatic heterocycles. The standard InChI is InChI=1S/C9H12ClN/c1-6-7(2)9(10)4-3-8(6)5-11/h3-4H,5,11H2,1-2H3. The van der Waals surface area contributed by atoms with E-state index in [0.717, 1.165) is 10.6 Å². The van der Waals surface area contributed by atoms with E-state index in [9.17, 15) is 0 Å². The molecular weight excluding hydrogens is 158 g/mol. The molecule has 0 heterocycles. The fraction of sp³-hybridized carbons (Fsp3) is 0.333. The summed E-state index contributed by atoms with van der Waals surface area (Å²) in [5.74, 6) is 0. The fourth-order valence-corrected chi connectivity index (χ4v) is 1.27. The molecule has 60 valence electrons. The van der Waals surface area contributed by atoms with Crippen molar-refractivity contribution in [1.29, 1.82) is 0 Å².